The number of benzene rings is 1. The lowest BCUT2D eigenvalue weighted by molar-refractivity contribution is -0.115. The molecule has 1 saturated carbocycles. The predicted molar refractivity (Wildman–Crippen MR) is 79.1 cm³/mol. The molecule has 0 aromatic heterocycles. The molecule has 0 heterocycles. The first-order valence-electron chi connectivity index (χ1n) is 7.13. The molecule has 1 atom stereocenters. The Morgan fingerprint density at radius 1 is 1.32 bits per heavy atom. The van der Waals surface area contributed by atoms with E-state index in [1.807, 2.05) is 30.3 Å². The highest BCUT2D eigenvalue weighted by atomic mass is 16.1. The Hall–Kier alpha value is -1.35. The van der Waals surface area contributed by atoms with Crippen molar-refractivity contribution in [1.82, 2.24) is 5.32 Å². The quantitative estimate of drug-likeness (QED) is 0.873. The van der Waals surface area contributed by atoms with Gasteiger partial charge in [-0.05, 0) is 36.8 Å². The van der Waals surface area contributed by atoms with Gasteiger partial charge in [-0.15, -0.1) is 0 Å². The molecule has 1 amide bonds. The third-order valence-electron chi connectivity index (χ3n) is 3.81. The van der Waals surface area contributed by atoms with Crippen molar-refractivity contribution in [3.05, 3.63) is 30.3 Å². The zero-order chi connectivity index (χ0) is 13.7. The molecule has 1 aliphatic carbocycles. The van der Waals surface area contributed by atoms with Crippen LogP contribution in [0.5, 0.6) is 0 Å². The van der Waals surface area contributed by atoms with Crippen LogP contribution in [0.25, 0.3) is 0 Å². The van der Waals surface area contributed by atoms with E-state index in [1.165, 1.54) is 19.3 Å². The average Bonchev–Trinajstić information content (AvgIpc) is 2.36. The summed E-state index contributed by atoms with van der Waals surface area (Å²) in [5.74, 6) is 0.0366. The number of para-hydroxylation sites is 1. The third-order valence-corrected chi connectivity index (χ3v) is 3.81. The summed E-state index contributed by atoms with van der Waals surface area (Å²) in [5.41, 5.74) is 1.27. The fourth-order valence-corrected chi connectivity index (χ4v) is 2.84. The standard InChI is InChI=1S/C16H24N2O/c1-16(2)10-6-9-14(11-16)17-12-15(19)18-13-7-4-3-5-8-13/h3-5,7-8,14,17H,6,9-12H2,1-2H3,(H,18,19). The summed E-state index contributed by atoms with van der Waals surface area (Å²) in [6, 6.07) is 10.1. The van der Waals surface area contributed by atoms with Crippen LogP contribution in [0.3, 0.4) is 0 Å². The molecule has 0 radical (unpaired) electrons. The van der Waals surface area contributed by atoms with E-state index in [4.69, 9.17) is 0 Å². The zero-order valence-electron chi connectivity index (χ0n) is 11.9. The molecule has 0 bridgehead atoms. The van der Waals surface area contributed by atoms with Gasteiger partial charge >= 0.3 is 0 Å². The van der Waals surface area contributed by atoms with Gasteiger partial charge in [0.05, 0.1) is 6.54 Å². The average molecular weight is 260 g/mol. The number of amides is 1. The minimum atomic E-state index is 0.0366. The summed E-state index contributed by atoms with van der Waals surface area (Å²) in [5, 5.41) is 6.29. The van der Waals surface area contributed by atoms with Gasteiger partial charge in [0.25, 0.3) is 0 Å². The lowest BCUT2D eigenvalue weighted by Gasteiger charge is -2.35. The number of carbonyl (C=O) groups is 1. The van der Waals surface area contributed by atoms with Gasteiger partial charge in [-0.3, -0.25) is 4.79 Å². The second kappa shape index (κ2) is 6.20. The Morgan fingerprint density at radius 2 is 2.05 bits per heavy atom. The molecule has 19 heavy (non-hydrogen) atoms. The smallest absolute Gasteiger partial charge is 0.238 e. The van der Waals surface area contributed by atoms with Gasteiger partial charge < -0.3 is 10.6 Å². The molecule has 104 valence electrons. The van der Waals surface area contributed by atoms with E-state index in [1.54, 1.807) is 0 Å². The van der Waals surface area contributed by atoms with Crippen LogP contribution in [0.4, 0.5) is 5.69 Å². The van der Waals surface area contributed by atoms with Crippen LogP contribution < -0.4 is 10.6 Å². The highest BCUT2D eigenvalue weighted by Gasteiger charge is 2.27. The molecule has 0 aliphatic heterocycles. The monoisotopic (exact) mass is 260 g/mol. The maximum absolute atomic E-state index is 11.8. The Kier molecular flexibility index (Phi) is 4.59. The minimum absolute atomic E-state index is 0.0366. The molecule has 2 N–H and O–H groups in total. The molecule has 1 aliphatic rings. The van der Waals surface area contributed by atoms with Gasteiger partial charge in [-0.2, -0.15) is 0 Å². The van der Waals surface area contributed by atoms with Gasteiger partial charge in [-0.1, -0.05) is 38.5 Å². The molecule has 0 spiro atoms. The molecule has 1 aromatic rings. The highest BCUT2D eigenvalue weighted by Crippen LogP contribution is 2.34. The molecular formula is C16H24N2O. The van der Waals surface area contributed by atoms with Crippen LogP contribution in [0.1, 0.15) is 39.5 Å². The molecule has 1 fully saturated rings. The first-order chi connectivity index (χ1) is 9.05. The zero-order valence-corrected chi connectivity index (χ0v) is 11.9. The Morgan fingerprint density at radius 3 is 2.74 bits per heavy atom. The van der Waals surface area contributed by atoms with Crippen molar-refractivity contribution in [1.29, 1.82) is 0 Å². The maximum Gasteiger partial charge on any atom is 0.238 e. The first kappa shape index (κ1) is 14.1. The summed E-state index contributed by atoms with van der Waals surface area (Å²) in [4.78, 5) is 11.8. The lowest BCUT2D eigenvalue weighted by Crippen LogP contribution is -2.41. The molecule has 0 saturated heterocycles. The number of nitrogens with one attached hydrogen (secondary N) is 2. The van der Waals surface area contributed by atoms with E-state index in [0.29, 0.717) is 18.0 Å². The van der Waals surface area contributed by atoms with Crippen LogP contribution in [0, 0.1) is 5.41 Å². The summed E-state index contributed by atoms with van der Waals surface area (Å²) in [7, 11) is 0. The number of hydrogen-bond acceptors (Lipinski definition) is 2. The van der Waals surface area contributed by atoms with Crippen LogP contribution >= 0.6 is 0 Å². The van der Waals surface area contributed by atoms with Crippen molar-refractivity contribution >= 4 is 11.6 Å². The van der Waals surface area contributed by atoms with Crippen LogP contribution in [0.15, 0.2) is 30.3 Å². The van der Waals surface area contributed by atoms with E-state index in [2.05, 4.69) is 24.5 Å². The summed E-state index contributed by atoms with van der Waals surface area (Å²) in [6.45, 7) is 5.02. The van der Waals surface area contributed by atoms with Crippen molar-refractivity contribution in [3.8, 4) is 0 Å². The molecule has 1 aromatic carbocycles. The maximum atomic E-state index is 11.8. The SMILES string of the molecule is CC1(C)CCCC(NCC(=O)Nc2ccccc2)C1. The highest BCUT2D eigenvalue weighted by molar-refractivity contribution is 5.92. The molecule has 2 rings (SSSR count). The fourth-order valence-electron chi connectivity index (χ4n) is 2.84. The molecule has 1 unspecified atom stereocenters. The van der Waals surface area contributed by atoms with E-state index < -0.39 is 0 Å². The van der Waals surface area contributed by atoms with E-state index >= 15 is 0 Å². The molecule has 3 heteroatoms. The van der Waals surface area contributed by atoms with E-state index in [-0.39, 0.29) is 5.91 Å². The third kappa shape index (κ3) is 4.67. The van der Waals surface area contributed by atoms with Crippen molar-refractivity contribution in [2.75, 3.05) is 11.9 Å². The lowest BCUT2D eigenvalue weighted by atomic mass is 9.75. The van der Waals surface area contributed by atoms with Gasteiger partial charge in [0.2, 0.25) is 5.91 Å². The van der Waals surface area contributed by atoms with Crippen molar-refractivity contribution < 1.29 is 4.79 Å². The van der Waals surface area contributed by atoms with Gasteiger partial charge in [-0.25, -0.2) is 0 Å². The minimum Gasteiger partial charge on any atom is -0.325 e. The van der Waals surface area contributed by atoms with Gasteiger partial charge in [0, 0.05) is 11.7 Å². The summed E-state index contributed by atoms with van der Waals surface area (Å²) >= 11 is 0. The van der Waals surface area contributed by atoms with Gasteiger partial charge in [0.1, 0.15) is 0 Å². The molecular weight excluding hydrogens is 236 g/mol. The van der Waals surface area contributed by atoms with Crippen LogP contribution in [-0.4, -0.2) is 18.5 Å². The van der Waals surface area contributed by atoms with Crippen molar-refractivity contribution in [3.63, 3.8) is 0 Å². The van der Waals surface area contributed by atoms with E-state index in [9.17, 15) is 4.79 Å². The number of rotatable bonds is 4. The van der Waals surface area contributed by atoms with Crippen LogP contribution in [0.2, 0.25) is 0 Å². The topological polar surface area (TPSA) is 41.1 Å². The van der Waals surface area contributed by atoms with Crippen molar-refractivity contribution in [2.24, 2.45) is 5.41 Å². The number of carbonyl (C=O) groups excluding carboxylic acids is 1. The van der Waals surface area contributed by atoms with E-state index in [0.717, 1.165) is 12.1 Å². The molecule has 3 nitrogen and oxygen atoms in total. The normalized spacial score (nSPS) is 21.9. The Balaban J connectivity index is 1.75. The first-order valence-corrected chi connectivity index (χ1v) is 7.13. The largest absolute Gasteiger partial charge is 0.325 e. The number of hydrogen-bond donors (Lipinski definition) is 2. The predicted octanol–water partition coefficient (Wildman–Crippen LogP) is 3.18. The van der Waals surface area contributed by atoms with Gasteiger partial charge in [0.15, 0.2) is 0 Å². The fraction of sp³-hybridized carbons (Fsp3) is 0.562. The van der Waals surface area contributed by atoms with Crippen molar-refractivity contribution in [2.45, 2.75) is 45.6 Å². The Bertz CT molecular complexity index is 414. The second-order valence-corrected chi connectivity index (χ2v) is 6.25. The number of anilines is 1. The van der Waals surface area contributed by atoms with Crippen LogP contribution in [-0.2, 0) is 4.79 Å². The summed E-state index contributed by atoms with van der Waals surface area (Å²) < 4.78 is 0. The Labute approximate surface area is 115 Å². The second-order valence-electron chi connectivity index (χ2n) is 6.25. The summed E-state index contributed by atoms with van der Waals surface area (Å²) in [6.07, 6.45) is 4.89.